The quantitative estimate of drug-likeness (QED) is 0.516. The van der Waals surface area contributed by atoms with Crippen molar-refractivity contribution in [1.82, 2.24) is 19.7 Å². The molecule has 3 aromatic rings. The summed E-state index contributed by atoms with van der Waals surface area (Å²) in [5.41, 5.74) is 1.14. The fourth-order valence-electron chi connectivity index (χ4n) is 3.69. The van der Waals surface area contributed by atoms with E-state index in [4.69, 9.17) is 27.9 Å². The summed E-state index contributed by atoms with van der Waals surface area (Å²) in [5, 5.41) is 14.4. The molecule has 0 aliphatic carbocycles. The lowest BCUT2D eigenvalue weighted by Gasteiger charge is -2.32. The molecule has 1 saturated heterocycles. The Labute approximate surface area is 201 Å². The van der Waals surface area contributed by atoms with Crippen LogP contribution in [-0.4, -0.2) is 38.9 Å². The predicted molar refractivity (Wildman–Crippen MR) is 126 cm³/mol. The summed E-state index contributed by atoms with van der Waals surface area (Å²) in [6, 6.07) is 8.00. The van der Waals surface area contributed by atoms with Crippen LogP contribution in [0, 0.1) is 11.3 Å². The Morgan fingerprint density at radius 3 is 2.52 bits per heavy atom. The lowest BCUT2D eigenvalue weighted by molar-refractivity contribution is 0.168. The maximum Gasteiger partial charge on any atom is 0.275 e. The van der Waals surface area contributed by atoms with E-state index in [0.717, 1.165) is 23.1 Å². The monoisotopic (exact) mass is 484 g/mol. The summed E-state index contributed by atoms with van der Waals surface area (Å²) in [6.45, 7) is 3.56. The normalized spacial score (nSPS) is 14.2. The Morgan fingerprint density at radius 1 is 1.15 bits per heavy atom. The second-order valence-corrected chi connectivity index (χ2v) is 8.58. The summed E-state index contributed by atoms with van der Waals surface area (Å²) in [4.78, 5) is 23.7. The maximum atomic E-state index is 12.7. The van der Waals surface area contributed by atoms with Crippen LogP contribution in [0.2, 0.25) is 10.0 Å². The second kappa shape index (κ2) is 10.2. The van der Waals surface area contributed by atoms with E-state index < -0.39 is 5.56 Å². The second-order valence-electron chi connectivity index (χ2n) is 7.76. The number of piperidine rings is 1. The summed E-state index contributed by atoms with van der Waals surface area (Å²) in [7, 11) is 0. The minimum absolute atomic E-state index is 0.0259. The fraction of sp³-hybridized carbons (Fsp3) is 0.348. The van der Waals surface area contributed by atoms with Crippen LogP contribution in [0.3, 0.4) is 0 Å². The zero-order valence-electron chi connectivity index (χ0n) is 18.0. The molecule has 2 aromatic heterocycles. The topological polar surface area (TPSA) is 96.9 Å². The number of ether oxygens (including phenoxy) is 1. The van der Waals surface area contributed by atoms with Crippen molar-refractivity contribution >= 4 is 29.2 Å². The van der Waals surface area contributed by atoms with Crippen LogP contribution in [0.25, 0.3) is 5.69 Å². The van der Waals surface area contributed by atoms with E-state index in [0.29, 0.717) is 42.6 Å². The number of nitrogens with zero attached hydrogens (tertiary/aromatic N) is 6. The molecule has 8 nitrogen and oxygen atoms in total. The molecule has 1 aliphatic rings. The lowest BCUT2D eigenvalue weighted by atomic mass is 10.1. The molecule has 0 bridgehead atoms. The molecule has 0 saturated carbocycles. The molecule has 0 radical (unpaired) electrons. The first-order valence-corrected chi connectivity index (χ1v) is 11.5. The van der Waals surface area contributed by atoms with E-state index >= 15 is 0 Å². The fourth-order valence-corrected chi connectivity index (χ4v) is 3.98. The average Bonchev–Trinajstić information content (AvgIpc) is 2.82. The van der Waals surface area contributed by atoms with Gasteiger partial charge in [-0.1, -0.05) is 36.5 Å². The number of hydrogen-bond acceptors (Lipinski definition) is 7. The Kier molecular flexibility index (Phi) is 7.11. The van der Waals surface area contributed by atoms with E-state index in [-0.39, 0.29) is 22.6 Å². The van der Waals surface area contributed by atoms with Gasteiger partial charge >= 0.3 is 0 Å². The molecule has 0 unspecified atom stereocenters. The number of hydrogen-bond donors (Lipinski definition) is 0. The van der Waals surface area contributed by atoms with Gasteiger partial charge < -0.3 is 9.64 Å². The number of anilines is 1. The van der Waals surface area contributed by atoms with Crippen LogP contribution in [-0.2, 0) is 6.42 Å². The molecule has 4 rings (SSSR count). The van der Waals surface area contributed by atoms with Gasteiger partial charge in [-0.25, -0.2) is 9.97 Å². The number of rotatable bonds is 6. The van der Waals surface area contributed by atoms with Gasteiger partial charge in [0.05, 0.1) is 21.8 Å². The smallest absolute Gasteiger partial charge is 0.275 e. The van der Waals surface area contributed by atoms with Crippen LogP contribution in [0.5, 0.6) is 5.75 Å². The van der Waals surface area contributed by atoms with Crippen molar-refractivity contribution in [2.45, 2.75) is 38.7 Å². The van der Waals surface area contributed by atoms with Crippen molar-refractivity contribution in [3.63, 3.8) is 0 Å². The SMILES string of the molecule is CCCc1cnc(N2CCC(Oc3cc(=O)n(-c4ccc(Cl)c(Cl)c4)nc3C#N)CC2)nc1. The first kappa shape index (κ1) is 23.0. The first-order valence-electron chi connectivity index (χ1n) is 10.7. The molecule has 33 heavy (non-hydrogen) atoms. The van der Waals surface area contributed by atoms with E-state index in [1.54, 1.807) is 12.1 Å². The number of halogens is 2. The van der Waals surface area contributed by atoms with Gasteiger partial charge in [0.15, 0.2) is 5.75 Å². The molecule has 3 heterocycles. The minimum atomic E-state index is -0.430. The molecule has 10 heteroatoms. The molecule has 0 amide bonds. The molecule has 1 fully saturated rings. The highest BCUT2D eigenvalue weighted by molar-refractivity contribution is 6.42. The van der Waals surface area contributed by atoms with Gasteiger partial charge in [-0.05, 0) is 30.2 Å². The van der Waals surface area contributed by atoms with E-state index in [2.05, 4.69) is 26.9 Å². The van der Waals surface area contributed by atoms with Crippen molar-refractivity contribution in [2.24, 2.45) is 0 Å². The number of aromatic nitrogens is 4. The Balaban J connectivity index is 1.45. The van der Waals surface area contributed by atoms with E-state index in [9.17, 15) is 10.1 Å². The summed E-state index contributed by atoms with van der Waals surface area (Å²) >= 11 is 12.0. The van der Waals surface area contributed by atoms with Gasteiger partial charge in [0.25, 0.3) is 5.56 Å². The largest absolute Gasteiger partial charge is 0.487 e. The average molecular weight is 485 g/mol. The molecular formula is C23H22Cl2N6O2. The van der Waals surface area contributed by atoms with Gasteiger partial charge in [0.2, 0.25) is 11.6 Å². The zero-order chi connectivity index (χ0) is 23.4. The summed E-state index contributed by atoms with van der Waals surface area (Å²) < 4.78 is 7.12. The highest BCUT2D eigenvalue weighted by Gasteiger charge is 2.24. The van der Waals surface area contributed by atoms with E-state index in [1.807, 2.05) is 18.5 Å². The Hall–Kier alpha value is -3.15. The van der Waals surface area contributed by atoms with Gasteiger partial charge in [-0.15, -0.1) is 5.10 Å². The van der Waals surface area contributed by atoms with Crippen molar-refractivity contribution in [3.8, 4) is 17.5 Å². The van der Waals surface area contributed by atoms with Crippen molar-refractivity contribution in [3.05, 3.63) is 68.3 Å². The first-order chi connectivity index (χ1) is 16.0. The van der Waals surface area contributed by atoms with E-state index in [1.165, 1.54) is 12.1 Å². The van der Waals surface area contributed by atoms with Crippen molar-refractivity contribution in [1.29, 1.82) is 5.26 Å². The van der Waals surface area contributed by atoms with Crippen LogP contribution >= 0.6 is 23.2 Å². The van der Waals surface area contributed by atoms with Gasteiger partial charge in [-0.3, -0.25) is 4.79 Å². The van der Waals surface area contributed by atoms with Crippen molar-refractivity contribution < 1.29 is 4.74 Å². The van der Waals surface area contributed by atoms with Crippen LogP contribution in [0.1, 0.15) is 37.4 Å². The van der Waals surface area contributed by atoms with Crippen LogP contribution in [0.4, 0.5) is 5.95 Å². The lowest BCUT2D eigenvalue weighted by Crippen LogP contribution is -2.39. The third kappa shape index (κ3) is 5.27. The summed E-state index contributed by atoms with van der Waals surface area (Å²) in [5.74, 6) is 0.884. The molecule has 0 atom stereocenters. The maximum absolute atomic E-state index is 12.7. The predicted octanol–water partition coefficient (Wildman–Crippen LogP) is 4.20. The molecule has 0 spiro atoms. The van der Waals surface area contributed by atoms with Crippen LogP contribution in [0.15, 0.2) is 41.5 Å². The Bertz CT molecular complexity index is 1230. The Morgan fingerprint density at radius 2 is 1.88 bits per heavy atom. The number of benzene rings is 1. The molecule has 1 aliphatic heterocycles. The highest BCUT2D eigenvalue weighted by Crippen LogP contribution is 2.25. The third-order valence-corrected chi connectivity index (χ3v) is 6.14. The van der Waals surface area contributed by atoms with Crippen molar-refractivity contribution in [2.75, 3.05) is 18.0 Å². The molecular weight excluding hydrogens is 463 g/mol. The summed E-state index contributed by atoms with van der Waals surface area (Å²) in [6.07, 6.45) is 7.05. The molecule has 170 valence electrons. The third-order valence-electron chi connectivity index (χ3n) is 5.40. The van der Waals surface area contributed by atoms with Gasteiger partial charge in [0, 0.05) is 38.3 Å². The van der Waals surface area contributed by atoms with Crippen LogP contribution < -0.4 is 15.2 Å². The standard InChI is InChI=1S/C23H22Cl2N6O2/c1-2-3-15-13-27-23(28-14-15)30-8-6-17(7-9-30)33-21-11-22(32)31(29-20(21)12-26)16-4-5-18(24)19(25)10-16/h4-5,10-11,13-14,17H,2-3,6-9H2,1H3. The highest BCUT2D eigenvalue weighted by atomic mass is 35.5. The number of aryl methyl sites for hydroxylation is 1. The van der Waals surface area contributed by atoms with Gasteiger partial charge in [-0.2, -0.15) is 9.94 Å². The number of nitriles is 1. The minimum Gasteiger partial charge on any atom is -0.487 e. The molecule has 1 aromatic carbocycles. The molecule has 0 N–H and O–H groups in total. The van der Waals surface area contributed by atoms with Gasteiger partial charge in [0.1, 0.15) is 12.2 Å². The zero-order valence-corrected chi connectivity index (χ0v) is 19.6.